The fourth-order valence-corrected chi connectivity index (χ4v) is 5.14. The van der Waals surface area contributed by atoms with Gasteiger partial charge in [0, 0.05) is 27.6 Å². The molecular formula is C20H22N4O4S2. The Balaban J connectivity index is 1.82. The van der Waals surface area contributed by atoms with Crippen LogP contribution in [-0.2, 0) is 17.6 Å². The van der Waals surface area contributed by atoms with Crippen LogP contribution in [0.5, 0.6) is 0 Å². The zero-order valence-electron chi connectivity index (χ0n) is 16.7. The number of hydrazone groups is 1. The molecule has 0 saturated carbocycles. The second kappa shape index (κ2) is 9.77. The molecule has 1 aliphatic rings. The highest BCUT2D eigenvalue weighted by atomic mass is 32.1. The summed E-state index contributed by atoms with van der Waals surface area (Å²) in [5, 5.41) is 18.1. The van der Waals surface area contributed by atoms with Crippen LogP contribution in [-0.4, -0.2) is 22.4 Å². The second-order valence-electron chi connectivity index (χ2n) is 7.02. The van der Waals surface area contributed by atoms with Crippen molar-refractivity contribution in [3.63, 3.8) is 0 Å². The predicted octanol–water partition coefficient (Wildman–Crippen LogP) is 4.76. The number of nitro groups is 1. The molecule has 10 heteroatoms. The number of carbonyl (C=O) groups is 2. The average molecular weight is 447 g/mol. The van der Waals surface area contributed by atoms with Crippen LogP contribution in [0.15, 0.2) is 23.3 Å². The number of rotatable bonds is 6. The average Bonchev–Trinajstić information content (AvgIpc) is 3.23. The van der Waals surface area contributed by atoms with Crippen molar-refractivity contribution in [2.45, 2.75) is 46.0 Å². The van der Waals surface area contributed by atoms with Crippen LogP contribution in [0.3, 0.4) is 0 Å². The van der Waals surface area contributed by atoms with Gasteiger partial charge in [0.25, 0.3) is 5.91 Å². The third kappa shape index (κ3) is 5.39. The Labute approximate surface area is 181 Å². The Bertz CT molecular complexity index is 1030. The van der Waals surface area contributed by atoms with E-state index in [-0.39, 0.29) is 10.9 Å². The Morgan fingerprint density at radius 3 is 2.63 bits per heavy atom. The Kier molecular flexibility index (Phi) is 7.11. The molecule has 0 radical (unpaired) electrons. The number of amides is 2. The molecule has 3 rings (SSSR count). The number of aryl methyl sites for hydroxylation is 1. The van der Waals surface area contributed by atoms with Crippen molar-refractivity contribution < 1.29 is 14.5 Å². The van der Waals surface area contributed by atoms with Gasteiger partial charge in [0.1, 0.15) is 5.00 Å². The van der Waals surface area contributed by atoms with Crippen LogP contribution in [0.2, 0.25) is 0 Å². The molecule has 0 atom stereocenters. The van der Waals surface area contributed by atoms with Gasteiger partial charge < -0.3 is 5.32 Å². The monoisotopic (exact) mass is 446 g/mol. The van der Waals surface area contributed by atoms with Gasteiger partial charge >= 0.3 is 5.00 Å². The van der Waals surface area contributed by atoms with Crippen molar-refractivity contribution in [3.05, 3.63) is 49.2 Å². The van der Waals surface area contributed by atoms with E-state index in [0.717, 1.165) is 59.6 Å². The summed E-state index contributed by atoms with van der Waals surface area (Å²) in [6, 6.07) is 2.99. The van der Waals surface area contributed by atoms with Crippen LogP contribution >= 0.6 is 22.7 Å². The summed E-state index contributed by atoms with van der Waals surface area (Å²) in [4.78, 5) is 37.3. The maximum absolute atomic E-state index is 12.8. The van der Waals surface area contributed by atoms with E-state index in [1.54, 1.807) is 19.9 Å². The van der Waals surface area contributed by atoms with Crippen LogP contribution in [0.1, 0.15) is 58.8 Å². The summed E-state index contributed by atoms with van der Waals surface area (Å²) < 4.78 is 0. The molecule has 2 amide bonds. The van der Waals surface area contributed by atoms with E-state index in [9.17, 15) is 19.7 Å². The van der Waals surface area contributed by atoms with E-state index < -0.39 is 10.8 Å². The molecule has 2 heterocycles. The zero-order chi connectivity index (χ0) is 21.7. The van der Waals surface area contributed by atoms with Gasteiger partial charge in [-0.15, -0.1) is 11.3 Å². The van der Waals surface area contributed by atoms with Crippen molar-refractivity contribution in [3.8, 4) is 0 Å². The number of carbonyl (C=O) groups excluding carboxylic acids is 2. The molecule has 8 nitrogen and oxygen atoms in total. The predicted molar refractivity (Wildman–Crippen MR) is 120 cm³/mol. The molecule has 1 aliphatic carbocycles. The van der Waals surface area contributed by atoms with Gasteiger partial charge in [-0.05, 0) is 57.2 Å². The molecule has 0 saturated heterocycles. The lowest BCUT2D eigenvalue weighted by molar-refractivity contribution is -0.380. The highest BCUT2D eigenvalue weighted by Crippen LogP contribution is 2.37. The highest BCUT2D eigenvalue weighted by molar-refractivity contribution is 7.17. The molecule has 30 heavy (non-hydrogen) atoms. The van der Waals surface area contributed by atoms with Gasteiger partial charge in [-0.3, -0.25) is 19.7 Å². The van der Waals surface area contributed by atoms with E-state index in [1.807, 2.05) is 0 Å². The summed E-state index contributed by atoms with van der Waals surface area (Å²) in [6.07, 6.45) is 7.71. The van der Waals surface area contributed by atoms with Crippen LogP contribution < -0.4 is 10.7 Å². The molecule has 0 bridgehead atoms. The van der Waals surface area contributed by atoms with Crippen LogP contribution in [0.25, 0.3) is 6.08 Å². The smallest absolute Gasteiger partial charge is 0.313 e. The first-order valence-electron chi connectivity index (χ1n) is 9.54. The first-order chi connectivity index (χ1) is 14.3. The van der Waals surface area contributed by atoms with Gasteiger partial charge in [-0.25, -0.2) is 5.43 Å². The lowest BCUT2D eigenvalue weighted by Crippen LogP contribution is -2.21. The quantitative estimate of drug-likeness (QED) is 0.219. The van der Waals surface area contributed by atoms with E-state index in [2.05, 4.69) is 15.8 Å². The van der Waals surface area contributed by atoms with Crippen molar-refractivity contribution in [1.82, 2.24) is 5.43 Å². The third-order valence-electron chi connectivity index (χ3n) is 4.46. The first-order valence-corrected chi connectivity index (χ1v) is 11.2. The van der Waals surface area contributed by atoms with Gasteiger partial charge in [0.2, 0.25) is 5.91 Å². The molecule has 158 valence electrons. The van der Waals surface area contributed by atoms with Crippen LogP contribution in [0.4, 0.5) is 10.0 Å². The molecule has 0 fully saturated rings. The fraction of sp³-hybridized carbons (Fsp3) is 0.350. The van der Waals surface area contributed by atoms with Gasteiger partial charge in [0.05, 0.1) is 10.5 Å². The van der Waals surface area contributed by atoms with Gasteiger partial charge in [-0.2, -0.15) is 5.10 Å². The summed E-state index contributed by atoms with van der Waals surface area (Å²) in [7, 11) is 0. The van der Waals surface area contributed by atoms with E-state index in [0.29, 0.717) is 15.4 Å². The summed E-state index contributed by atoms with van der Waals surface area (Å²) in [6.45, 7) is 3.58. The van der Waals surface area contributed by atoms with Gasteiger partial charge in [0.15, 0.2) is 0 Å². The number of nitrogens with zero attached hydrogens (tertiary/aromatic N) is 2. The van der Waals surface area contributed by atoms with Crippen molar-refractivity contribution in [2.24, 2.45) is 5.10 Å². The normalized spacial score (nSPS) is 13.4. The largest absolute Gasteiger partial charge is 0.324 e. The Morgan fingerprint density at radius 1 is 1.17 bits per heavy atom. The maximum atomic E-state index is 12.8. The van der Waals surface area contributed by atoms with Crippen molar-refractivity contribution in [2.75, 3.05) is 5.32 Å². The molecule has 2 aromatic rings. The number of nitrogens with one attached hydrogen (secondary N) is 2. The zero-order valence-corrected chi connectivity index (χ0v) is 18.3. The molecule has 0 aromatic carbocycles. The topological polar surface area (TPSA) is 114 Å². The minimum atomic E-state index is -0.466. The standard InChI is InChI=1S/C20H22N4O4S2/c1-12(2)22-23-19(26)18-14-6-4-3-5-7-15(14)30-20(18)21-16(25)10-8-13-9-11-17(29-13)24(27)28/h8-11H,3-7H2,1-2H3,(H,21,25)(H,23,26)/b10-8+. The van der Waals surface area contributed by atoms with E-state index in [4.69, 9.17) is 0 Å². The molecular weight excluding hydrogens is 424 g/mol. The van der Waals surface area contributed by atoms with Crippen molar-refractivity contribution >= 4 is 56.3 Å². The second-order valence-corrected chi connectivity index (χ2v) is 9.22. The molecule has 0 aliphatic heterocycles. The summed E-state index contributed by atoms with van der Waals surface area (Å²) in [5.74, 6) is -0.726. The molecule has 0 spiro atoms. The lowest BCUT2D eigenvalue weighted by atomic mass is 10.1. The molecule has 2 N–H and O–H groups in total. The van der Waals surface area contributed by atoms with Crippen molar-refractivity contribution in [1.29, 1.82) is 0 Å². The Morgan fingerprint density at radius 2 is 1.93 bits per heavy atom. The molecule has 0 unspecified atom stereocenters. The highest BCUT2D eigenvalue weighted by Gasteiger charge is 2.25. The number of thiophene rings is 2. The van der Waals surface area contributed by atoms with E-state index >= 15 is 0 Å². The number of hydrogen-bond donors (Lipinski definition) is 2. The van der Waals surface area contributed by atoms with E-state index in [1.165, 1.54) is 29.6 Å². The molecule has 2 aromatic heterocycles. The SMILES string of the molecule is CC(C)=NNC(=O)c1c(NC(=O)/C=C/c2ccc([N+](=O)[O-])s2)sc2c1CCCCC2. The minimum Gasteiger partial charge on any atom is -0.313 e. The van der Waals surface area contributed by atoms with Crippen LogP contribution in [0, 0.1) is 10.1 Å². The fourth-order valence-electron chi connectivity index (χ4n) is 3.13. The first kappa shape index (κ1) is 21.8. The number of hydrogen-bond acceptors (Lipinski definition) is 7. The summed E-state index contributed by atoms with van der Waals surface area (Å²) in [5.41, 5.74) is 4.76. The third-order valence-corrected chi connectivity index (χ3v) is 6.67. The Hall–Kier alpha value is -2.85. The number of anilines is 1. The lowest BCUT2D eigenvalue weighted by Gasteiger charge is -2.07. The number of fused-ring (bicyclic) bond motifs is 1. The minimum absolute atomic E-state index is 0.0165. The summed E-state index contributed by atoms with van der Waals surface area (Å²) >= 11 is 2.42. The van der Waals surface area contributed by atoms with Gasteiger partial charge in [-0.1, -0.05) is 17.8 Å². The maximum Gasteiger partial charge on any atom is 0.324 e.